The lowest BCUT2D eigenvalue weighted by molar-refractivity contribution is 0.0930. The molecule has 0 saturated carbocycles. The Hall–Kier alpha value is -1.51. The van der Waals surface area contributed by atoms with Crippen LogP contribution in [0.3, 0.4) is 0 Å². The predicted octanol–water partition coefficient (Wildman–Crippen LogP) is 2.43. The zero-order valence-corrected chi connectivity index (χ0v) is 10.7. The molecule has 92 valence electrons. The van der Waals surface area contributed by atoms with Crippen LogP contribution in [0.25, 0.3) is 0 Å². The number of amides is 1. The third kappa shape index (κ3) is 2.60. The summed E-state index contributed by atoms with van der Waals surface area (Å²) in [5.74, 6) is 0.467. The third-order valence-corrected chi connectivity index (χ3v) is 3.44. The van der Waals surface area contributed by atoms with E-state index in [0.717, 1.165) is 24.2 Å². The van der Waals surface area contributed by atoms with E-state index >= 15 is 0 Å². The molecule has 0 aromatic heterocycles. The fourth-order valence-electron chi connectivity index (χ4n) is 1.89. The highest BCUT2D eigenvalue weighted by Crippen LogP contribution is 2.23. The SMILES string of the molecule is CC(C)C(C)NC(=O)c1ccc2c(c1)NCC2. The summed E-state index contributed by atoms with van der Waals surface area (Å²) in [7, 11) is 0. The Morgan fingerprint density at radius 2 is 2.12 bits per heavy atom. The van der Waals surface area contributed by atoms with E-state index in [0.29, 0.717) is 5.92 Å². The Morgan fingerprint density at radius 1 is 1.35 bits per heavy atom. The number of nitrogens with one attached hydrogen (secondary N) is 2. The number of carbonyl (C=O) groups excluding carboxylic acids is 1. The van der Waals surface area contributed by atoms with Crippen molar-refractivity contribution in [3.05, 3.63) is 29.3 Å². The fraction of sp³-hybridized carbons (Fsp3) is 0.500. The summed E-state index contributed by atoms with van der Waals surface area (Å²) in [6.45, 7) is 7.22. The maximum atomic E-state index is 12.0. The van der Waals surface area contributed by atoms with Crippen LogP contribution in [-0.4, -0.2) is 18.5 Å². The molecule has 1 unspecified atom stereocenters. The van der Waals surface area contributed by atoms with Crippen LogP contribution in [0.5, 0.6) is 0 Å². The predicted molar refractivity (Wildman–Crippen MR) is 70.4 cm³/mol. The van der Waals surface area contributed by atoms with E-state index in [-0.39, 0.29) is 11.9 Å². The molecule has 17 heavy (non-hydrogen) atoms. The van der Waals surface area contributed by atoms with E-state index in [2.05, 4.69) is 24.5 Å². The van der Waals surface area contributed by atoms with Crippen molar-refractivity contribution in [1.29, 1.82) is 0 Å². The second-order valence-corrected chi connectivity index (χ2v) is 5.05. The largest absolute Gasteiger partial charge is 0.384 e. The molecule has 3 nitrogen and oxygen atoms in total. The molecular formula is C14H20N2O. The lowest BCUT2D eigenvalue weighted by Crippen LogP contribution is -2.36. The van der Waals surface area contributed by atoms with Crippen LogP contribution >= 0.6 is 0 Å². The Morgan fingerprint density at radius 3 is 2.82 bits per heavy atom. The van der Waals surface area contributed by atoms with E-state index in [1.54, 1.807) is 0 Å². The lowest BCUT2D eigenvalue weighted by Gasteiger charge is -2.17. The van der Waals surface area contributed by atoms with Crippen molar-refractivity contribution in [2.75, 3.05) is 11.9 Å². The first-order valence-electron chi connectivity index (χ1n) is 6.25. The second-order valence-electron chi connectivity index (χ2n) is 5.05. The first-order chi connectivity index (χ1) is 8.08. The number of anilines is 1. The molecule has 0 spiro atoms. The van der Waals surface area contributed by atoms with Crippen LogP contribution in [0.4, 0.5) is 5.69 Å². The highest BCUT2D eigenvalue weighted by Gasteiger charge is 2.15. The van der Waals surface area contributed by atoms with Gasteiger partial charge in [0.1, 0.15) is 0 Å². The van der Waals surface area contributed by atoms with E-state index in [1.165, 1.54) is 5.56 Å². The van der Waals surface area contributed by atoms with Gasteiger partial charge in [0.15, 0.2) is 0 Å². The van der Waals surface area contributed by atoms with Gasteiger partial charge in [0, 0.05) is 23.8 Å². The normalized spacial score (nSPS) is 15.3. The molecule has 1 aromatic carbocycles. The van der Waals surface area contributed by atoms with Gasteiger partial charge in [0.2, 0.25) is 0 Å². The van der Waals surface area contributed by atoms with Crippen molar-refractivity contribution < 1.29 is 4.79 Å². The van der Waals surface area contributed by atoms with Gasteiger partial charge < -0.3 is 10.6 Å². The van der Waals surface area contributed by atoms with Gasteiger partial charge in [-0.15, -0.1) is 0 Å². The highest BCUT2D eigenvalue weighted by atomic mass is 16.1. The van der Waals surface area contributed by atoms with Crippen molar-refractivity contribution in [2.45, 2.75) is 33.2 Å². The van der Waals surface area contributed by atoms with Crippen molar-refractivity contribution in [3.63, 3.8) is 0 Å². The van der Waals surface area contributed by atoms with E-state index in [9.17, 15) is 4.79 Å². The van der Waals surface area contributed by atoms with Gasteiger partial charge in [-0.2, -0.15) is 0 Å². The minimum absolute atomic E-state index is 0.0164. The number of hydrogen-bond acceptors (Lipinski definition) is 2. The van der Waals surface area contributed by atoms with Gasteiger partial charge in [-0.05, 0) is 37.0 Å². The van der Waals surface area contributed by atoms with E-state index < -0.39 is 0 Å². The van der Waals surface area contributed by atoms with Crippen LogP contribution in [0.2, 0.25) is 0 Å². The minimum Gasteiger partial charge on any atom is -0.384 e. The average molecular weight is 232 g/mol. The molecule has 0 bridgehead atoms. The molecule has 1 atom stereocenters. The number of carbonyl (C=O) groups is 1. The summed E-state index contributed by atoms with van der Waals surface area (Å²) in [4.78, 5) is 12.0. The highest BCUT2D eigenvalue weighted by molar-refractivity contribution is 5.95. The van der Waals surface area contributed by atoms with E-state index in [1.807, 2.05) is 25.1 Å². The molecule has 1 aliphatic heterocycles. The van der Waals surface area contributed by atoms with Crippen molar-refractivity contribution >= 4 is 11.6 Å². The molecule has 1 amide bonds. The van der Waals surface area contributed by atoms with E-state index in [4.69, 9.17) is 0 Å². The number of rotatable bonds is 3. The summed E-state index contributed by atoms with van der Waals surface area (Å²) in [5.41, 5.74) is 3.15. The fourth-order valence-corrected chi connectivity index (χ4v) is 1.89. The first kappa shape index (κ1) is 12.0. The molecule has 2 rings (SSSR count). The zero-order valence-electron chi connectivity index (χ0n) is 10.7. The Bertz CT molecular complexity index is 426. The maximum Gasteiger partial charge on any atom is 0.251 e. The molecule has 2 N–H and O–H groups in total. The number of hydrogen-bond donors (Lipinski definition) is 2. The Kier molecular flexibility index (Phi) is 3.36. The van der Waals surface area contributed by atoms with Crippen LogP contribution in [0.1, 0.15) is 36.7 Å². The molecule has 0 aliphatic carbocycles. The first-order valence-corrected chi connectivity index (χ1v) is 6.25. The van der Waals surface area contributed by atoms with Gasteiger partial charge in [-0.3, -0.25) is 4.79 Å². The van der Waals surface area contributed by atoms with Crippen LogP contribution in [0, 0.1) is 5.92 Å². The number of fused-ring (bicyclic) bond motifs is 1. The van der Waals surface area contributed by atoms with Gasteiger partial charge in [0.25, 0.3) is 5.91 Å². The zero-order chi connectivity index (χ0) is 12.4. The van der Waals surface area contributed by atoms with Gasteiger partial charge >= 0.3 is 0 Å². The third-order valence-electron chi connectivity index (χ3n) is 3.44. The smallest absolute Gasteiger partial charge is 0.251 e. The summed E-state index contributed by atoms with van der Waals surface area (Å²) < 4.78 is 0. The standard InChI is InChI=1S/C14H20N2O/c1-9(2)10(3)16-14(17)12-5-4-11-6-7-15-13(11)8-12/h4-5,8-10,15H,6-7H2,1-3H3,(H,16,17). The molecule has 1 aliphatic rings. The summed E-state index contributed by atoms with van der Waals surface area (Å²) in [5, 5.41) is 6.31. The molecule has 1 heterocycles. The van der Waals surface area contributed by atoms with Crippen LogP contribution in [-0.2, 0) is 6.42 Å². The lowest BCUT2D eigenvalue weighted by atomic mass is 10.0. The minimum atomic E-state index is 0.0164. The quantitative estimate of drug-likeness (QED) is 0.840. The van der Waals surface area contributed by atoms with Gasteiger partial charge in [-0.1, -0.05) is 19.9 Å². The van der Waals surface area contributed by atoms with Crippen LogP contribution in [0.15, 0.2) is 18.2 Å². The summed E-state index contributed by atoms with van der Waals surface area (Å²) in [6, 6.07) is 6.10. The van der Waals surface area contributed by atoms with Crippen molar-refractivity contribution in [2.24, 2.45) is 5.92 Å². The van der Waals surface area contributed by atoms with Crippen molar-refractivity contribution in [3.8, 4) is 0 Å². The molecule has 0 fully saturated rings. The molecule has 3 heteroatoms. The Balaban J connectivity index is 2.10. The van der Waals surface area contributed by atoms with Crippen molar-refractivity contribution in [1.82, 2.24) is 5.32 Å². The summed E-state index contributed by atoms with van der Waals surface area (Å²) >= 11 is 0. The van der Waals surface area contributed by atoms with Gasteiger partial charge in [-0.25, -0.2) is 0 Å². The molecule has 0 saturated heterocycles. The topological polar surface area (TPSA) is 41.1 Å². The molecule has 1 aromatic rings. The van der Waals surface area contributed by atoms with Gasteiger partial charge in [0.05, 0.1) is 0 Å². The molecule has 0 radical (unpaired) electrons. The summed E-state index contributed by atoms with van der Waals surface area (Å²) in [6.07, 6.45) is 1.06. The Labute approximate surface area is 103 Å². The number of benzene rings is 1. The van der Waals surface area contributed by atoms with Crippen LogP contribution < -0.4 is 10.6 Å². The maximum absolute atomic E-state index is 12.0. The second kappa shape index (κ2) is 4.78. The average Bonchev–Trinajstić information content (AvgIpc) is 2.75. The monoisotopic (exact) mass is 232 g/mol. The molecular weight excluding hydrogens is 212 g/mol.